The number of aromatic nitrogens is 1. The maximum atomic E-state index is 13.5. The summed E-state index contributed by atoms with van der Waals surface area (Å²) in [5.41, 5.74) is -0.864. The predicted octanol–water partition coefficient (Wildman–Crippen LogP) is 3.38. The smallest absolute Gasteiger partial charge is 0.228 e. The molecule has 1 aromatic heterocycles. The normalized spacial score (nSPS) is 29.8. The predicted molar refractivity (Wildman–Crippen MR) is 124 cm³/mol. The molecule has 7 heteroatoms. The molecule has 170 valence electrons. The molecule has 1 unspecified atom stereocenters. The molecule has 1 saturated carbocycles. The van der Waals surface area contributed by atoms with Gasteiger partial charge in [0.1, 0.15) is 17.5 Å². The molecule has 1 aliphatic carbocycles. The van der Waals surface area contributed by atoms with Crippen molar-refractivity contribution in [3.05, 3.63) is 94.3 Å². The summed E-state index contributed by atoms with van der Waals surface area (Å²) in [5, 5.41) is 24.5. The highest BCUT2D eigenvalue weighted by Gasteiger charge is 2.78. The molecule has 33 heavy (non-hydrogen) atoms. The van der Waals surface area contributed by atoms with E-state index < -0.39 is 29.1 Å². The molecule has 0 radical (unpaired) electrons. The van der Waals surface area contributed by atoms with Crippen LogP contribution in [0.1, 0.15) is 28.3 Å². The number of ether oxygens (including phenoxy) is 1. The van der Waals surface area contributed by atoms with E-state index in [0.717, 1.165) is 11.1 Å². The zero-order valence-electron chi connectivity index (χ0n) is 18.6. The Bertz CT molecular complexity index is 1220. The third kappa shape index (κ3) is 2.88. The van der Waals surface area contributed by atoms with Crippen LogP contribution >= 0.6 is 11.6 Å². The van der Waals surface area contributed by atoms with Crippen molar-refractivity contribution >= 4 is 17.5 Å². The zero-order valence-corrected chi connectivity index (χ0v) is 19.3. The second kappa shape index (κ2) is 7.55. The van der Waals surface area contributed by atoms with Crippen LogP contribution in [-0.2, 0) is 16.0 Å². The fraction of sp³-hybridized carbons (Fsp3) is 0.308. The van der Waals surface area contributed by atoms with Gasteiger partial charge in [0, 0.05) is 32.3 Å². The second-order valence-electron chi connectivity index (χ2n) is 9.06. The summed E-state index contributed by atoms with van der Waals surface area (Å²) >= 11 is 6.20. The SMILES string of the molecule is Cc1ccc([C@@]23Oc4cc(Cl)cnc4C2(O)[C@H](O)[C@H](C(=O)N(C)C)[C@H]3c2ccccc2)cc1. The number of carbonyl (C=O) groups is 1. The number of pyridine rings is 1. The molecule has 1 aliphatic heterocycles. The molecule has 1 amide bonds. The molecule has 0 spiro atoms. The maximum absolute atomic E-state index is 13.5. The van der Waals surface area contributed by atoms with Crippen molar-refractivity contribution in [2.45, 2.75) is 30.1 Å². The van der Waals surface area contributed by atoms with Gasteiger partial charge in [-0.25, -0.2) is 0 Å². The van der Waals surface area contributed by atoms with Crippen molar-refractivity contribution in [3.8, 4) is 5.75 Å². The van der Waals surface area contributed by atoms with Gasteiger partial charge in [-0.05, 0) is 18.1 Å². The highest BCUT2D eigenvalue weighted by Crippen LogP contribution is 2.68. The van der Waals surface area contributed by atoms with Crippen LogP contribution in [0.4, 0.5) is 0 Å². The number of benzene rings is 2. The molecule has 2 N–H and O–H groups in total. The van der Waals surface area contributed by atoms with Gasteiger partial charge in [-0.2, -0.15) is 0 Å². The van der Waals surface area contributed by atoms with Crippen molar-refractivity contribution < 1.29 is 19.7 Å². The lowest BCUT2D eigenvalue weighted by Crippen LogP contribution is -2.52. The molecule has 0 saturated heterocycles. The highest BCUT2D eigenvalue weighted by atomic mass is 35.5. The number of hydrogen-bond donors (Lipinski definition) is 2. The quantitative estimate of drug-likeness (QED) is 0.621. The highest BCUT2D eigenvalue weighted by molar-refractivity contribution is 6.30. The van der Waals surface area contributed by atoms with Crippen LogP contribution in [-0.4, -0.2) is 46.2 Å². The first-order valence-corrected chi connectivity index (χ1v) is 11.2. The number of halogens is 1. The molecule has 5 atom stereocenters. The van der Waals surface area contributed by atoms with Crippen LogP contribution in [0.15, 0.2) is 66.9 Å². The summed E-state index contributed by atoms with van der Waals surface area (Å²) in [6, 6.07) is 18.6. The zero-order chi connectivity index (χ0) is 23.5. The average molecular weight is 465 g/mol. The molecule has 1 fully saturated rings. The van der Waals surface area contributed by atoms with Gasteiger partial charge in [0.2, 0.25) is 5.91 Å². The number of nitrogens with zero attached hydrogens (tertiary/aromatic N) is 2. The van der Waals surface area contributed by atoms with E-state index in [1.165, 1.54) is 11.1 Å². The van der Waals surface area contributed by atoms with E-state index in [0.29, 0.717) is 16.3 Å². The summed E-state index contributed by atoms with van der Waals surface area (Å²) in [4.78, 5) is 19.3. The van der Waals surface area contributed by atoms with Gasteiger partial charge in [0.05, 0.1) is 10.9 Å². The van der Waals surface area contributed by atoms with E-state index in [1.54, 1.807) is 20.2 Å². The third-order valence-corrected chi connectivity index (χ3v) is 7.15. The number of aliphatic hydroxyl groups excluding tert-OH is 1. The lowest BCUT2D eigenvalue weighted by atomic mass is 9.71. The van der Waals surface area contributed by atoms with Crippen LogP contribution in [0.2, 0.25) is 5.02 Å². The van der Waals surface area contributed by atoms with Gasteiger partial charge in [-0.1, -0.05) is 71.8 Å². The number of hydrogen-bond acceptors (Lipinski definition) is 5. The van der Waals surface area contributed by atoms with Crippen molar-refractivity contribution in [1.29, 1.82) is 0 Å². The van der Waals surface area contributed by atoms with E-state index in [9.17, 15) is 15.0 Å². The van der Waals surface area contributed by atoms with E-state index >= 15 is 0 Å². The van der Waals surface area contributed by atoms with Crippen LogP contribution < -0.4 is 4.74 Å². The first-order valence-electron chi connectivity index (χ1n) is 10.8. The van der Waals surface area contributed by atoms with Crippen molar-refractivity contribution in [3.63, 3.8) is 0 Å². The summed E-state index contributed by atoms with van der Waals surface area (Å²) in [6.07, 6.45) is -0.0630. The Kier molecular flexibility index (Phi) is 5.01. The van der Waals surface area contributed by atoms with Crippen LogP contribution in [0.3, 0.4) is 0 Å². The van der Waals surface area contributed by atoms with E-state index in [4.69, 9.17) is 16.3 Å². The Morgan fingerprint density at radius 2 is 1.79 bits per heavy atom. The van der Waals surface area contributed by atoms with E-state index in [2.05, 4.69) is 4.98 Å². The van der Waals surface area contributed by atoms with Gasteiger partial charge >= 0.3 is 0 Å². The Labute approximate surface area is 197 Å². The van der Waals surface area contributed by atoms with Crippen LogP contribution in [0.5, 0.6) is 5.75 Å². The number of aryl methyl sites for hydroxylation is 1. The molecule has 5 rings (SSSR count). The summed E-state index contributed by atoms with van der Waals surface area (Å²) < 4.78 is 6.60. The topological polar surface area (TPSA) is 82.9 Å². The molecular formula is C26H25ClN2O4. The monoisotopic (exact) mass is 464 g/mol. The molecule has 6 nitrogen and oxygen atoms in total. The van der Waals surface area contributed by atoms with Crippen molar-refractivity contribution in [2.24, 2.45) is 5.92 Å². The van der Waals surface area contributed by atoms with E-state index in [-0.39, 0.29) is 11.6 Å². The fourth-order valence-corrected chi connectivity index (χ4v) is 5.65. The molecule has 3 aromatic rings. The summed E-state index contributed by atoms with van der Waals surface area (Å²) in [7, 11) is 3.28. The van der Waals surface area contributed by atoms with Crippen molar-refractivity contribution in [1.82, 2.24) is 9.88 Å². The molecule has 0 bridgehead atoms. The Hall–Kier alpha value is -2.93. The summed E-state index contributed by atoms with van der Waals surface area (Å²) in [5.74, 6) is -1.69. The first kappa shape index (κ1) is 21.9. The molecule has 2 aromatic carbocycles. The van der Waals surface area contributed by atoms with Crippen molar-refractivity contribution in [2.75, 3.05) is 14.1 Å². The molecule has 2 heterocycles. The number of carbonyl (C=O) groups excluding carboxylic acids is 1. The molecular weight excluding hydrogens is 440 g/mol. The Morgan fingerprint density at radius 3 is 2.42 bits per heavy atom. The van der Waals surface area contributed by atoms with Gasteiger partial charge in [-0.3, -0.25) is 9.78 Å². The van der Waals surface area contributed by atoms with Gasteiger partial charge in [-0.15, -0.1) is 0 Å². The van der Waals surface area contributed by atoms with Crippen LogP contribution in [0.25, 0.3) is 0 Å². The maximum Gasteiger partial charge on any atom is 0.228 e. The van der Waals surface area contributed by atoms with Gasteiger partial charge < -0.3 is 19.8 Å². The number of fused-ring (bicyclic) bond motifs is 3. The standard InChI is InChI=1S/C26H25ClN2O4/c1-15-9-11-17(12-10-15)26-21(16-7-5-4-6-8-16)20(24(31)29(2)3)23(30)25(26,32)22-19(33-26)13-18(27)14-28-22/h4-14,20-21,23,30,32H,1-3H3/t20-,21-,23-,25?,26+/m1/s1. The lowest BCUT2D eigenvalue weighted by Gasteiger charge is -2.40. The Balaban J connectivity index is 1.87. The summed E-state index contributed by atoms with van der Waals surface area (Å²) in [6.45, 7) is 1.97. The minimum Gasteiger partial charge on any atom is -0.476 e. The first-order chi connectivity index (χ1) is 15.7. The second-order valence-corrected chi connectivity index (χ2v) is 9.50. The minimum atomic E-state index is -1.99. The number of rotatable bonds is 3. The number of amides is 1. The lowest BCUT2D eigenvalue weighted by molar-refractivity contribution is -0.157. The van der Waals surface area contributed by atoms with E-state index in [1.807, 2.05) is 61.5 Å². The van der Waals surface area contributed by atoms with Gasteiger partial charge in [0.15, 0.2) is 11.2 Å². The Morgan fingerprint density at radius 1 is 1.12 bits per heavy atom. The van der Waals surface area contributed by atoms with Gasteiger partial charge in [0.25, 0.3) is 0 Å². The average Bonchev–Trinajstić information content (AvgIpc) is 3.17. The fourth-order valence-electron chi connectivity index (χ4n) is 5.51. The third-order valence-electron chi connectivity index (χ3n) is 6.95. The van der Waals surface area contributed by atoms with Crippen LogP contribution in [0, 0.1) is 12.8 Å². The number of aliphatic hydroxyl groups is 2. The largest absolute Gasteiger partial charge is 0.476 e. The minimum absolute atomic E-state index is 0.176. The molecule has 2 aliphatic rings.